The number of likely N-dealkylation sites (N-methyl/N-ethyl adjacent to an activating group) is 1. The second kappa shape index (κ2) is 9.73. The monoisotopic (exact) mass is 269 g/mol. The summed E-state index contributed by atoms with van der Waals surface area (Å²) < 4.78 is 0. The first-order chi connectivity index (χ1) is 9.17. The van der Waals surface area contributed by atoms with Crippen molar-refractivity contribution in [1.82, 2.24) is 15.1 Å². The SMILES string of the molecule is CCCN1CCCC(NCCN(C)C(C)CC)CC1. The van der Waals surface area contributed by atoms with Gasteiger partial charge in [0.05, 0.1) is 0 Å². The lowest BCUT2D eigenvalue weighted by Gasteiger charge is -2.25. The highest BCUT2D eigenvalue weighted by Gasteiger charge is 2.16. The second-order valence-corrected chi connectivity index (χ2v) is 6.16. The highest BCUT2D eigenvalue weighted by Crippen LogP contribution is 2.11. The third-order valence-corrected chi connectivity index (χ3v) is 4.60. The molecule has 3 heteroatoms. The lowest BCUT2D eigenvalue weighted by atomic mass is 10.1. The third kappa shape index (κ3) is 6.73. The summed E-state index contributed by atoms with van der Waals surface area (Å²) in [5.74, 6) is 0. The predicted molar refractivity (Wildman–Crippen MR) is 84.8 cm³/mol. The fourth-order valence-corrected chi connectivity index (χ4v) is 2.88. The molecular formula is C16H35N3. The van der Waals surface area contributed by atoms with Crippen LogP contribution in [0.5, 0.6) is 0 Å². The van der Waals surface area contributed by atoms with E-state index in [9.17, 15) is 0 Å². The number of nitrogens with zero attached hydrogens (tertiary/aromatic N) is 2. The number of likely N-dealkylation sites (tertiary alicyclic amines) is 1. The molecule has 1 aliphatic rings. The van der Waals surface area contributed by atoms with E-state index in [1.54, 1.807) is 0 Å². The van der Waals surface area contributed by atoms with Gasteiger partial charge in [0.1, 0.15) is 0 Å². The standard InChI is InChI=1S/C16H35N3/c1-5-11-19-12-7-8-16(9-13-19)17-10-14-18(4)15(3)6-2/h15-17H,5-14H2,1-4H3. The first-order valence-electron chi connectivity index (χ1n) is 8.33. The van der Waals surface area contributed by atoms with Crippen LogP contribution in [0.3, 0.4) is 0 Å². The van der Waals surface area contributed by atoms with Crippen molar-refractivity contribution in [3.8, 4) is 0 Å². The molecule has 0 saturated carbocycles. The fraction of sp³-hybridized carbons (Fsp3) is 1.00. The van der Waals surface area contributed by atoms with Crippen LogP contribution >= 0.6 is 0 Å². The van der Waals surface area contributed by atoms with Gasteiger partial charge in [-0.1, -0.05) is 13.8 Å². The van der Waals surface area contributed by atoms with Gasteiger partial charge in [0.25, 0.3) is 0 Å². The number of rotatable bonds is 8. The molecule has 1 heterocycles. The molecule has 0 radical (unpaired) electrons. The van der Waals surface area contributed by atoms with E-state index < -0.39 is 0 Å². The number of nitrogens with one attached hydrogen (secondary N) is 1. The van der Waals surface area contributed by atoms with E-state index in [4.69, 9.17) is 0 Å². The van der Waals surface area contributed by atoms with E-state index >= 15 is 0 Å². The average Bonchev–Trinajstić information content (AvgIpc) is 2.64. The number of hydrogen-bond donors (Lipinski definition) is 1. The molecular weight excluding hydrogens is 234 g/mol. The molecule has 0 aromatic carbocycles. The van der Waals surface area contributed by atoms with Crippen molar-refractivity contribution >= 4 is 0 Å². The summed E-state index contributed by atoms with van der Waals surface area (Å²) >= 11 is 0. The zero-order valence-electron chi connectivity index (χ0n) is 13.6. The Balaban J connectivity index is 2.16. The molecule has 0 aromatic rings. The van der Waals surface area contributed by atoms with Crippen LogP contribution in [0.1, 0.15) is 52.9 Å². The van der Waals surface area contributed by atoms with Gasteiger partial charge in [-0.2, -0.15) is 0 Å². The predicted octanol–water partition coefficient (Wildman–Crippen LogP) is 2.57. The first kappa shape index (κ1) is 16.9. The quantitative estimate of drug-likeness (QED) is 0.730. The Morgan fingerprint density at radius 3 is 2.74 bits per heavy atom. The second-order valence-electron chi connectivity index (χ2n) is 6.16. The Labute approximate surface area is 120 Å². The summed E-state index contributed by atoms with van der Waals surface area (Å²) in [5.41, 5.74) is 0. The summed E-state index contributed by atoms with van der Waals surface area (Å²) in [6.45, 7) is 13.0. The molecule has 1 aliphatic heterocycles. The van der Waals surface area contributed by atoms with Crippen LogP contribution in [0.25, 0.3) is 0 Å². The first-order valence-corrected chi connectivity index (χ1v) is 8.33. The molecule has 1 fully saturated rings. The van der Waals surface area contributed by atoms with Gasteiger partial charge < -0.3 is 15.1 Å². The summed E-state index contributed by atoms with van der Waals surface area (Å²) in [4.78, 5) is 5.10. The molecule has 1 saturated heterocycles. The van der Waals surface area contributed by atoms with Crippen molar-refractivity contribution in [1.29, 1.82) is 0 Å². The maximum atomic E-state index is 3.77. The van der Waals surface area contributed by atoms with Crippen molar-refractivity contribution < 1.29 is 0 Å². The highest BCUT2D eigenvalue weighted by atomic mass is 15.1. The van der Waals surface area contributed by atoms with E-state index in [0.717, 1.165) is 12.6 Å². The van der Waals surface area contributed by atoms with Gasteiger partial charge in [-0.15, -0.1) is 0 Å². The van der Waals surface area contributed by atoms with Crippen LogP contribution in [-0.2, 0) is 0 Å². The third-order valence-electron chi connectivity index (χ3n) is 4.60. The van der Waals surface area contributed by atoms with Crippen molar-refractivity contribution in [2.24, 2.45) is 0 Å². The van der Waals surface area contributed by atoms with E-state index in [0.29, 0.717) is 6.04 Å². The minimum absolute atomic E-state index is 0.705. The van der Waals surface area contributed by atoms with Crippen molar-refractivity contribution in [3.05, 3.63) is 0 Å². The van der Waals surface area contributed by atoms with E-state index in [2.05, 4.69) is 42.9 Å². The molecule has 1 N–H and O–H groups in total. The maximum absolute atomic E-state index is 3.77. The van der Waals surface area contributed by atoms with Gasteiger partial charge in [-0.05, 0) is 65.7 Å². The van der Waals surface area contributed by atoms with Gasteiger partial charge in [0.15, 0.2) is 0 Å². The Bertz CT molecular complexity index is 220. The van der Waals surface area contributed by atoms with Crippen LogP contribution in [0, 0.1) is 0 Å². The van der Waals surface area contributed by atoms with Gasteiger partial charge >= 0.3 is 0 Å². The molecule has 0 amide bonds. The summed E-state index contributed by atoms with van der Waals surface area (Å²) in [6, 6.07) is 1.45. The molecule has 0 spiro atoms. The Morgan fingerprint density at radius 1 is 1.26 bits per heavy atom. The Morgan fingerprint density at radius 2 is 2.05 bits per heavy atom. The van der Waals surface area contributed by atoms with E-state index in [-0.39, 0.29) is 0 Å². The van der Waals surface area contributed by atoms with Gasteiger partial charge in [-0.25, -0.2) is 0 Å². The van der Waals surface area contributed by atoms with Crippen LogP contribution in [-0.4, -0.2) is 61.7 Å². The van der Waals surface area contributed by atoms with Gasteiger partial charge in [0.2, 0.25) is 0 Å². The van der Waals surface area contributed by atoms with E-state index in [1.165, 1.54) is 58.3 Å². The van der Waals surface area contributed by atoms with E-state index in [1.807, 2.05) is 0 Å². The summed E-state index contributed by atoms with van der Waals surface area (Å²) in [7, 11) is 2.24. The molecule has 2 atom stereocenters. The van der Waals surface area contributed by atoms with Gasteiger partial charge in [0, 0.05) is 25.2 Å². The zero-order valence-corrected chi connectivity index (χ0v) is 13.6. The lowest BCUT2D eigenvalue weighted by Crippen LogP contribution is -2.39. The molecule has 114 valence electrons. The molecule has 0 aromatic heterocycles. The molecule has 0 bridgehead atoms. The summed E-state index contributed by atoms with van der Waals surface area (Å²) in [5, 5.41) is 3.77. The maximum Gasteiger partial charge on any atom is 0.0107 e. The smallest absolute Gasteiger partial charge is 0.0107 e. The fourth-order valence-electron chi connectivity index (χ4n) is 2.88. The Kier molecular flexibility index (Phi) is 8.67. The molecule has 0 aliphatic carbocycles. The topological polar surface area (TPSA) is 18.5 Å². The van der Waals surface area contributed by atoms with Crippen molar-refractivity contribution in [3.63, 3.8) is 0 Å². The Hall–Kier alpha value is -0.120. The largest absolute Gasteiger partial charge is 0.313 e. The van der Waals surface area contributed by atoms with Gasteiger partial charge in [-0.3, -0.25) is 0 Å². The zero-order chi connectivity index (χ0) is 14.1. The van der Waals surface area contributed by atoms with Crippen molar-refractivity contribution in [2.45, 2.75) is 65.0 Å². The van der Waals surface area contributed by atoms with Crippen molar-refractivity contribution in [2.75, 3.05) is 39.8 Å². The number of hydrogen-bond acceptors (Lipinski definition) is 3. The van der Waals surface area contributed by atoms with Crippen LogP contribution < -0.4 is 5.32 Å². The highest BCUT2D eigenvalue weighted by molar-refractivity contribution is 4.75. The van der Waals surface area contributed by atoms with Crippen LogP contribution in [0.15, 0.2) is 0 Å². The molecule has 3 nitrogen and oxygen atoms in total. The molecule has 2 unspecified atom stereocenters. The minimum Gasteiger partial charge on any atom is -0.313 e. The molecule has 1 rings (SSSR count). The summed E-state index contributed by atoms with van der Waals surface area (Å²) in [6.07, 6.45) is 6.57. The average molecular weight is 269 g/mol. The van der Waals surface area contributed by atoms with Crippen LogP contribution in [0.4, 0.5) is 0 Å². The normalized spacial score (nSPS) is 23.5. The minimum atomic E-state index is 0.705. The molecule has 19 heavy (non-hydrogen) atoms. The van der Waals surface area contributed by atoms with Crippen LogP contribution in [0.2, 0.25) is 0 Å². The lowest BCUT2D eigenvalue weighted by molar-refractivity contribution is 0.245.